The average molecular weight is 356 g/mol. The summed E-state index contributed by atoms with van der Waals surface area (Å²) in [5.41, 5.74) is -1.89. The van der Waals surface area contributed by atoms with Crippen LogP contribution in [0.5, 0.6) is 0 Å². The van der Waals surface area contributed by atoms with E-state index in [0.717, 1.165) is 6.92 Å². The van der Waals surface area contributed by atoms with Crippen molar-refractivity contribution < 1.29 is 26.3 Å². The second kappa shape index (κ2) is 5.60. The van der Waals surface area contributed by atoms with Gasteiger partial charge in [0.05, 0.1) is 9.79 Å². The van der Waals surface area contributed by atoms with E-state index < -0.39 is 27.7 Å². The number of hydrogen-bond acceptors (Lipinski definition) is 3. The molecule has 0 aromatic heterocycles. The number of epoxide rings is 1. The Bertz CT molecular complexity index is 847. The lowest BCUT2D eigenvalue weighted by Gasteiger charge is -2.13. The Morgan fingerprint density at radius 2 is 1.62 bits per heavy atom. The van der Waals surface area contributed by atoms with Gasteiger partial charge in [0.15, 0.2) is 5.60 Å². The van der Waals surface area contributed by atoms with Gasteiger partial charge in [-0.2, -0.15) is 13.2 Å². The predicted octanol–water partition coefficient (Wildman–Crippen LogP) is 3.78. The molecule has 1 aliphatic heterocycles. The van der Waals surface area contributed by atoms with Crippen LogP contribution in [0.25, 0.3) is 0 Å². The topological polar surface area (TPSA) is 46.7 Å². The zero-order valence-corrected chi connectivity index (χ0v) is 13.6. The molecular weight excluding hydrogens is 341 g/mol. The van der Waals surface area contributed by atoms with Crippen molar-refractivity contribution in [1.29, 1.82) is 0 Å². The molecular formula is C17H15F3O3S. The fourth-order valence-electron chi connectivity index (χ4n) is 2.61. The number of halogens is 3. The molecule has 0 saturated carbocycles. The molecule has 0 radical (unpaired) electrons. The summed E-state index contributed by atoms with van der Waals surface area (Å²) in [6.07, 6.45) is -5.67. The summed E-state index contributed by atoms with van der Waals surface area (Å²) in [6.45, 7) is 0.978. The summed E-state index contributed by atoms with van der Waals surface area (Å²) in [4.78, 5) is 0.115. The molecule has 0 bridgehead atoms. The number of rotatable bonds is 4. The highest BCUT2D eigenvalue weighted by Crippen LogP contribution is 2.50. The van der Waals surface area contributed by atoms with E-state index in [4.69, 9.17) is 4.74 Å². The molecule has 24 heavy (non-hydrogen) atoms. The first-order chi connectivity index (χ1) is 11.2. The van der Waals surface area contributed by atoms with Crippen molar-refractivity contribution in [2.24, 2.45) is 0 Å². The van der Waals surface area contributed by atoms with E-state index in [1.807, 2.05) is 0 Å². The van der Waals surface area contributed by atoms with E-state index in [-0.39, 0.29) is 16.2 Å². The first-order valence-electron chi connectivity index (χ1n) is 7.29. The second-order valence-corrected chi connectivity index (χ2v) is 7.76. The Hall–Kier alpha value is -1.86. The molecule has 1 aliphatic rings. The molecule has 0 N–H and O–H groups in total. The Labute approximate surface area is 138 Å². The third-order valence-electron chi connectivity index (χ3n) is 4.23. The van der Waals surface area contributed by atoms with Crippen molar-refractivity contribution in [1.82, 2.24) is 0 Å². The maximum atomic E-state index is 12.9. The van der Waals surface area contributed by atoms with Crippen molar-refractivity contribution in [2.45, 2.75) is 41.0 Å². The molecule has 2 aromatic rings. The van der Waals surface area contributed by atoms with Gasteiger partial charge in [-0.05, 0) is 30.7 Å². The quantitative estimate of drug-likeness (QED) is 0.783. The van der Waals surface area contributed by atoms with Crippen molar-refractivity contribution in [3.8, 4) is 0 Å². The highest BCUT2D eigenvalue weighted by atomic mass is 32.2. The van der Waals surface area contributed by atoms with Crippen LogP contribution in [0.15, 0.2) is 64.4 Å². The van der Waals surface area contributed by atoms with Crippen LogP contribution in [-0.4, -0.2) is 26.3 Å². The van der Waals surface area contributed by atoms with Gasteiger partial charge in [-0.1, -0.05) is 36.4 Å². The van der Waals surface area contributed by atoms with E-state index in [1.165, 1.54) is 24.3 Å². The Morgan fingerprint density at radius 1 is 1.04 bits per heavy atom. The molecule has 3 nitrogen and oxygen atoms in total. The molecule has 0 amide bonds. The first-order valence-corrected chi connectivity index (χ1v) is 8.77. The van der Waals surface area contributed by atoms with Gasteiger partial charge >= 0.3 is 6.18 Å². The van der Waals surface area contributed by atoms with Gasteiger partial charge in [0, 0.05) is 6.42 Å². The highest BCUT2D eigenvalue weighted by molar-refractivity contribution is 7.91. The first kappa shape index (κ1) is 17.0. The highest BCUT2D eigenvalue weighted by Gasteiger charge is 2.69. The van der Waals surface area contributed by atoms with Crippen LogP contribution >= 0.6 is 0 Å². The van der Waals surface area contributed by atoms with Gasteiger partial charge in [-0.3, -0.25) is 0 Å². The van der Waals surface area contributed by atoms with Crippen LogP contribution in [0.1, 0.15) is 12.5 Å². The normalized spacial score (nSPS) is 23.9. The summed E-state index contributed by atoms with van der Waals surface area (Å²) < 4.78 is 69.1. The van der Waals surface area contributed by atoms with Crippen LogP contribution in [0, 0.1) is 0 Å². The lowest BCUT2D eigenvalue weighted by atomic mass is 10.0. The van der Waals surface area contributed by atoms with Crippen LogP contribution in [0.4, 0.5) is 13.2 Å². The van der Waals surface area contributed by atoms with Crippen LogP contribution in [0.3, 0.4) is 0 Å². The van der Waals surface area contributed by atoms with Crippen LogP contribution in [-0.2, 0) is 21.0 Å². The van der Waals surface area contributed by atoms with E-state index >= 15 is 0 Å². The van der Waals surface area contributed by atoms with Crippen molar-refractivity contribution in [3.05, 3.63) is 60.2 Å². The second-order valence-electron chi connectivity index (χ2n) is 5.84. The van der Waals surface area contributed by atoms with E-state index in [0.29, 0.717) is 5.56 Å². The summed E-state index contributed by atoms with van der Waals surface area (Å²) >= 11 is 0. The summed E-state index contributed by atoms with van der Waals surface area (Å²) in [5.74, 6) is 0. The van der Waals surface area contributed by atoms with Gasteiger partial charge in [0.2, 0.25) is 9.84 Å². The fourth-order valence-corrected chi connectivity index (χ4v) is 4.13. The van der Waals surface area contributed by atoms with Gasteiger partial charge in [0.1, 0.15) is 6.10 Å². The number of ether oxygens (including phenoxy) is 1. The Kier molecular flexibility index (Phi) is 3.96. The zero-order chi connectivity index (χ0) is 17.6. The van der Waals surface area contributed by atoms with Gasteiger partial charge < -0.3 is 4.74 Å². The van der Waals surface area contributed by atoms with E-state index in [9.17, 15) is 21.6 Å². The minimum atomic E-state index is -4.48. The minimum absolute atomic E-state index is 0.0104. The average Bonchev–Trinajstić information content (AvgIpc) is 3.20. The minimum Gasteiger partial charge on any atom is -0.356 e. The molecule has 2 atom stereocenters. The number of alkyl halides is 3. The third-order valence-corrected chi connectivity index (χ3v) is 6.10. The number of benzene rings is 2. The fraction of sp³-hybridized carbons (Fsp3) is 0.294. The number of hydrogen-bond donors (Lipinski definition) is 0. The van der Waals surface area contributed by atoms with E-state index in [1.54, 1.807) is 30.3 Å². The van der Waals surface area contributed by atoms with Crippen molar-refractivity contribution in [3.63, 3.8) is 0 Å². The smallest absolute Gasteiger partial charge is 0.356 e. The third kappa shape index (κ3) is 2.82. The van der Waals surface area contributed by atoms with Gasteiger partial charge in [-0.15, -0.1) is 0 Å². The van der Waals surface area contributed by atoms with E-state index in [2.05, 4.69) is 0 Å². The molecule has 0 aliphatic carbocycles. The van der Waals surface area contributed by atoms with Crippen molar-refractivity contribution >= 4 is 9.84 Å². The molecule has 3 rings (SSSR count). The maximum absolute atomic E-state index is 12.9. The van der Waals surface area contributed by atoms with Gasteiger partial charge in [0.25, 0.3) is 0 Å². The summed E-state index contributed by atoms with van der Waals surface area (Å²) in [6, 6.07) is 13.9. The van der Waals surface area contributed by atoms with Crippen LogP contribution in [0.2, 0.25) is 0 Å². The molecule has 0 spiro atoms. The zero-order valence-electron chi connectivity index (χ0n) is 12.7. The summed E-state index contributed by atoms with van der Waals surface area (Å²) in [7, 11) is -3.80. The molecule has 1 saturated heterocycles. The lowest BCUT2D eigenvalue weighted by molar-refractivity contribution is -0.178. The van der Waals surface area contributed by atoms with Crippen molar-refractivity contribution in [2.75, 3.05) is 0 Å². The largest absolute Gasteiger partial charge is 0.419 e. The monoisotopic (exact) mass is 356 g/mol. The Balaban J connectivity index is 1.94. The molecule has 1 fully saturated rings. The van der Waals surface area contributed by atoms with Crippen LogP contribution < -0.4 is 0 Å². The maximum Gasteiger partial charge on any atom is 0.419 e. The number of sulfone groups is 1. The molecule has 1 heterocycles. The Morgan fingerprint density at radius 3 is 2.21 bits per heavy atom. The molecule has 2 aromatic carbocycles. The molecule has 7 heteroatoms. The van der Waals surface area contributed by atoms with Gasteiger partial charge in [-0.25, -0.2) is 8.42 Å². The lowest BCUT2D eigenvalue weighted by Crippen LogP contribution is -2.32. The summed E-state index contributed by atoms with van der Waals surface area (Å²) in [5, 5.41) is 0. The predicted molar refractivity (Wildman–Crippen MR) is 81.4 cm³/mol. The SMILES string of the molecule is C[C@]1(C(F)(F)F)OC1Cc1ccccc1S(=O)(=O)c1ccccc1. The molecule has 128 valence electrons. The molecule has 1 unspecified atom stereocenters. The standard InChI is InChI=1S/C17H15F3O3S/c1-16(17(18,19)20)15(23-16)11-12-7-5-6-10-14(12)24(21,22)13-8-3-2-4-9-13/h2-10,15H,11H2,1H3/t15?,16-/m0/s1.